The van der Waals surface area contributed by atoms with E-state index in [9.17, 15) is 0 Å². The fourth-order valence-electron chi connectivity index (χ4n) is 0.687. The van der Waals surface area contributed by atoms with Gasteiger partial charge >= 0.3 is 0 Å². The Morgan fingerprint density at radius 2 is 1.43 bits per heavy atom. The molecule has 0 saturated carbocycles. The molecule has 0 spiro atoms. The first-order chi connectivity index (χ1) is 3.00. The van der Waals surface area contributed by atoms with Crippen molar-refractivity contribution in [3.63, 3.8) is 0 Å². The Hall–Kier alpha value is 0.492. The molecule has 2 heteroatoms. The van der Waals surface area contributed by atoms with Gasteiger partial charge in [-0.15, -0.1) is 0 Å². The van der Waals surface area contributed by atoms with Gasteiger partial charge in [-0.1, -0.05) is 0 Å². The SMILES string of the molecule is C1CCOCC1.[AlH3]. The highest BCUT2D eigenvalue weighted by Gasteiger charge is 1.94. The summed E-state index contributed by atoms with van der Waals surface area (Å²) in [7, 11) is 0. The first-order valence-corrected chi connectivity index (χ1v) is 2.58. The molecule has 1 aliphatic rings. The molecule has 0 atom stereocenters. The van der Waals surface area contributed by atoms with Crippen LogP contribution in [0.4, 0.5) is 0 Å². The average Bonchev–Trinajstić information content (AvgIpc) is 1.72. The van der Waals surface area contributed by atoms with Gasteiger partial charge in [-0.3, -0.25) is 0 Å². The second kappa shape index (κ2) is 4.65. The Bertz CT molecular complexity index is 23.6. The molecule has 0 aromatic carbocycles. The highest BCUT2D eigenvalue weighted by atomic mass is 27.0. The van der Waals surface area contributed by atoms with Crippen molar-refractivity contribution in [3.05, 3.63) is 0 Å². The molecule has 0 amide bonds. The van der Waals surface area contributed by atoms with Gasteiger partial charge < -0.3 is 4.74 Å². The zero-order valence-electron chi connectivity index (χ0n) is 3.94. The van der Waals surface area contributed by atoms with Gasteiger partial charge in [-0.25, -0.2) is 0 Å². The minimum absolute atomic E-state index is 0. The molecule has 1 rings (SSSR count). The summed E-state index contributed by atoms with van der Waals surface area (Å²) >= 11 is 0. The molecule has 0 aromatic rings. The van der Waals surface area contributed by atoms with Gasteiger partial charge in [0, 0.05) is 13.2 Å². The van der Waals surface area contributed by atoms with Crippen LogP contribution in [0.2, 0.25) is 0 Å². The van der Waals surface area contributed by atoms with Crippen LogP contribution in [0.5, 0.6) is 0 Å². The molecule has 42 valence electrons. The summed E-state index contributed by atoms with van der Waals surface area (Å²) in [6.07, 6.45) is 3.93. The molecule has 0 bridgehead atoms. The summed E-state index contributed by atoms with van der Waals surface area (Å²) in [5.41, 5.74) is 0. The van der Waals surface area contributed by atoms with Gasteiger partial charge in [-0.05, 0) is 19.3 Å². The van der Waals surface area contributed by atoms with Crippen LogP contribution in [0.1, 0.15) is 19.3 Å². The van der Waals surface area contributed by atoms with E-state index in [4.69, 9.17) is 4.74 Å². The van der Waals surface area contributed by atoms with Crippen LogP contribution in [0.15, 0.2) is 0 Å². The molecule has 1 fully saturated rings. The van der Waals surface area contributed by atoms with E-state index in [0.29, 0.717) is 0 Å². The molecule has 1 nitrogen and oxygen atoms in total. The zero-order chi connectivity index (χ0) is 4.24. The molecular formula is C5H13AlO. The normalized spacial score (nSPS) is 20.6. The lowest BCUT2D eigenvalue weighted by Gasteiger charge is -2.08. The molecule has 1 saturated heterocycles. The molecule has 1 aliphatic heterocycles. The second-order valence-electron chi connectivity index (χ2n) is 1.67. The quantitative estimate of drug-likeness (QED) is 0.405. The minimum Gasteiger partial charge on any atom is -0.381 e. The number of hydrogen-bond donors (Lipinski definition) is 0. The van der Waals surface area contributed by atoms with E-state index in [2.05, 4.69) is 0 Å². The standard InChI is InChI=1S/C5H10O.Al.3H/c1-2-4-6-5-3-1;;;;/h1-5H2;;;;. The molecule has 0 aliphatic carbocycles. The maximum absolute atomic E-state index is 5.07. The van der Waals surface area contributed by atoms with E-state index >= 15 is 0 Å². The fraction of sp³-hybridized carbons (Fsp3) is 1.00. The predicted molar refractivity (Wildman–Crippen MR) is 34.6 cm³/mol. The highest BCUT2D eigenvalue weighted by Crippen LogP contribution is 2.01. The molecule has 0 aromatic heterocycles. The van der Waals surface area contributed by atoms with Crippen molar-refractivity contribution in [1.29, 1.82) is 0 Å². The third kappa shape index (κ3) is 3.11. The van der Waals surface area contributed by atoms with Crippen molar-refractivity contribution in [1.82, 2.24) is 0 Å². The van der Waals surface area contributed by atoms with Gasteiger partial charge in [0.05, 0.1) is 0 Å². The van der Waals surface area contributed by atoms with E-state index in [1.54, 1.807) is 0 Å². The molecular weight excluding hydrogens is 103 g/mol. The molecule has 0 N–H and O–H groups in total. The van der Waals surface area contributed by atoms with E-state index in [1.165, 1.54) is 19.3 Å². The van der Waals surface area contributed by atoms with Gasteiger partial charge in [-0.2, -0.15) is 0 Å². The number of hydrogen-bond acceptors (Lipinski definition) is 1. The number of ether oxygens (including phenoxy) is 1. The van der Waals surface area contributed by atoms with Crippen molar-refractivity contribution >= 4 is 17.4 Å². The van der Waals surface area contributed by atoms with Crippen molar-refractivity contribution < 1.29 is 4.74 Å². The molecule has 0 radical (unpaired) electrons. The smallest absolute Gasteiger partial charge is 0.187 e. The maximum Gasteiger partial charge on any atom is 0.187 e. The largest absolute Gasteiger partial charge is 0.381 e. The van der Waals surface area contributed by atoms with Gasteiger partial charge in [0.1, 0.15) is 0 Å². The van der Waals surface area contributed by atoms with Crippen molar-refractivity contribution in [2.45, 2.75) is 19.3 Å². The Morgan fingerprint density at radius 1 is 0.857 bits per heavy atom. The lowest BCUT2D eigenvalue weighted by atomic mass is 10.2. The first-order valence-electron chi connectivity index (χ1n) is 2.58. The molecule has 7 heavy (non-hydrogen) atoms. The third-order valence-corrected chi connectivity index (χ3v) is 1.08. The van der Waals surface area contributed by atoms with Crippen LogP contribution in [0, 0.1) is 0 Å². The summed E-state index contributed by atoms with van der Waals surface area (Å²) in [5.74, 6) is 0. The predicted octanol–water partition coefficient (Wildman–Crippen LogP) is 0.00300. The Morgan fingerprint density at radius 3 is 1.57 bits per heavy atom. The van der Waals surface area contributed by atoms with Crippen LogP contribution in [-0.2, 0) is 4.74 Å². The minimum atomic E-state index is 0. The van der Waals surface area contributed by atoms with Crippen LogP contribution >= 0.6 is 0 Å². The lowest BCUT2D eigenvalue weighted by Crippen LogP contribution is -2.03. The monoisotopic (exact) mass is 116 g/mol. The van der Waals surface area contributed by atoms with Crippen molar-refractivity contribution in [3.8, 4) is 0 Å². The maximum atomic E-state index is 5.07. The summed E-state index contributed by atoms with van der Waals surface area (Å²) in [4.78, 5) is 0. The van der Waals surface area contributed by atoms with E-state index < -0.39 is 0 Å². The van der Waals surface area contributed by atoms with Crippen LogP contribution in [0.3, 0.4) is 0 Å². The van der Waals surface area contributed by atoms with Crippen molar-refractivity contribution in [2.75, 3.05) is 13.2 Å². The Labute approximate surface area is 55.2 Å². The van der Waals surface area contributed by atoms with E-state index in [1.807, 2.05) is 0 Å². The van der Waals surface area contributed by atoms with E-state index in [0.717, 1.165) is 13.2 Å². The van der Waals surface area contributed by atoms with E-state index in [-0.39, 0.29) is 17.4 Å². The van der Waals surface area contributed by atoms with Crippen LogP contribution < -0.4 is 0 Å². The summed E-state index contributed by atoms with van der Waals surface area (Å²) in [5, 5.41) is 0. The van der Waals surface area contributed by atoms with Gasteiger partial charge in [0.25, 0.3) is 0 Å². The highest BCUT2D eigenvalue weighted by molar-refractivity contribution is 5.75. The summed E-state index contributed by atoms with van der Waals surface area (Å²) < 4.78 is 5.07. The fourth-order valence-corrected chi connectivity index (χ4v) is 0.687. The lowest BCUT2D eigenvalue weighted by molar-refractivity contribution is 0.0968. The summed E-state index contributed by atoms with van der Waals surface area (Å²) in [6.45, 7) is 2.00. The Kier molecular flexibility index (Phi) is 4.97. The van der Waals surface area contributed by atoms with Crippen LogP contribution in [-0.4, -0.2) is 30.6 Å². The second-order valence-corrected chi connectivity index (χ2v) is 1.67. The topological polar surface area (TPSA) is 9.23 Å². The van der Waals surface area contributed by atoms with Gasteiger partial charge in [0.15, 0.2) is 17.4 Å². The molecule has 1 heterocycles. The average molecular weight is 116 g/mol. The number of rotatable bonds is 0. The zero-order valence-corrected chi connectivity index (χ0v) is 3.94. The first kappa shape index (κ1) is 7.49. The Balaban J connectivity index is 0.000000360. The van der Waals surface area contributed by atoms with Crippen molar-refractivity contribution in [2.24, 2.45) is 0 Å². The van der Waals surface area contributed by atoms with Gasteiger partial charge in [0.2, 0.25) is 0 Å². The summed E-state index contributed by atoms with van der Waals surface area (Å²) in [6, 6.07) is 0. The van der Waals surface area contributed by atoms with Crippen LogP contribution in [0.25, 0.3) is 0 Å². The molecule has 0 unspecified atom stereocenters. The third-order valence-electron chi connectivity index (χ3n) is 1.08.